The van der Waals surface area contributed by atoms with E-state index in [1.807, 2.05) is 6.07 Å². The van der Waals surface area contributed by atoms with Gasteiger partial charge in [0.1, 0.15) is 5.82 Å². The first-order valence-electron chi connectivity index (χ1n) is 8.14. The molecule has 3 rings (SSSR count). The topological polar surface area (TPSA) is 52.6 Å². The zero-order chi connectivity index (χ0) is 16.4. The van der Waals surface area contributed by atoms with Gasteiger partial charge in [-0.25, -0.2) is 4.39 Å². The van der Waals surface area contributed by atoms with Crippen LogP contribution in [0.4, 0.5) is 4.39 Å². The Balaban J connectivity index is 1.44. The quantitative estimate of drug-likeness (QED) is 0.723. The van der Waals surface area contributed by atoms with Crippen molar-refractivity contribution in [3.63, 3.8) is 0 Å². The fourth-order valence-corrected chi connectivity index (χ4v) is 3.45. The Kier molecular flexibility index (Phi) is 5.34. The fourth-order valence-electron chi connectivity index (χ4n) is 3.12. The minimum atomic E-state index is -0.751. The predicted octanol–water partition coefficient (Wildman–Crippen LogP) is 3.01. The van der Waals surface area contributed by atoms with E-state index in [0.717, 1.165) is 23.9 Å². The van der Waals surface area contributed by atoms with E-state index in [-0.39, 0.29) is 12.4 Å². The summed E-state index contributed by atoms with van der Waals surface area (Å²) in [5.41, 5.74) is 0.664. The van der Waals surface area contributed by atoms with E-state index in [1.165, 1.54) is 18.9 Å². The molecule has 6 heteroatoms. The minimum Gasteiger partial charge on any atom is -0.480 e. The number of nitrogens with zero attached hydrogens (tertiary/aromatic N) is 1. The first-order valence-corrected chi connectivity index (χ1v) is 8.93. The van der Waals surface area contributed by atoms with Gasteiger partial charge in [0.25, 0.3) is 0 Å². The van der Waals surface area contributed by atoms with Gasteiger partial charge in [-0.3, -0.25) is 9.69 Å². The molecule has 0 spiro atoms. The van der Waals surface area contributed by atoms with Gasteiger partial charge in [-0.15, -0.1) is 0 Å². The summed E-state index contributed by atoms with van der Waals surface area (Å²) in [5.74, 6) is -0.263. The van der Waals surface area contributed by atoms with E-state index in [2.05, 4.69) is 26.1 Å². The van der Waals surface area contributed by atoms with Crippen molar-refractivity contribution in [2.24, 2.45) is 5.92 Å². The largest absolute Gasteiger partial charge is 0.480 e. The van der Waals surface area contributed by atoms with Crippen molar-refractivity contribution >= 4 is 21.9 Å². The van der Waals surface area contributed by atoms with Crippen LogP contribution in [-0.2, 0) is 11.3 Å². The number of hydrogen-bond donors (Lipinski definition) is 2. The molecule has 2 aliphatic rings. The van der Waals surface area contributed by atoms with Crippen molar-refractivity contribution in [3.8, 4) is 0 Å². The van der Waals surface area contributed by atoms with E-state index < -0.39 is 5.97 Å². The molecule has 1 aromatic rings. The van der Waals surface area contributed by atoms with Gasteiger partial charge in [-0.2, -0.15) is 0 Å². The zero-order valence-corrected chi connectivity index (χ0v) is 14.6. The van der Waals surface area contributed by atoms with Gasteiger partial charge in [0.2, 0.25) is 0 Å². The van der Waals surface area contributed by atoms with Gasteiger partial charge < -0.3 is 10.4 Å². The molecule has 2 fully saturated rings. The van der Waals surface area contributed by atoms with Crippen LogP contribution in [0.3, 0.4) is 0 Å². The molecular weight excluding hydrogens is 363 g/mol. The predicted molar refractivity (Wildman–Crippen MR) is 89.7 cm³/mol. The van der Waals surface area contributed by atoms with Gasteiger partial charge in [0, 0.05) is 35.2 Å². The van der Waals surface area contributed by atoms with Gasteiger partial charge in [-0.1, -0.05) is 22.0 Å². The SMILES string of the molecule is O=C(O)CN(CC1CC1)C1CC(NCc2ccc(Br)cc2F)C1. The molecule has 2 N–H and O–H groups in total. The smallest absolute Gasteiger partial charge is 0.317 e. The number of carboxylic acid groups (broad SMARTS) is 1. The summed E-state index contributed by atoms with van der Waals surface area (Å²) in [6.45, 7) is 1.55. The van der Waals surface area contributed by atoms with E-state index in [4.69, 9.17) is 5.11 Å². The highest BCUT2D eigenvalue weighted by Gasteiger charge is 2.36. The van der Waals surface area contributed by atoms with Gasteiger partial charge >= 0.3 is 5.97 Å². The molecule has 23 heavy (non-hydrogen) atoms. The van der Waals surface area contributed by atoms with Crippen molar-refractivity contribution in [3.05, 3.63) is 34.1 Å². The number of rotatable bonds is 8. The Morgan fingerprint density at radius 3 is 2.74 bits per heavy atom. The van der Waals surface area contributed by atoms with E-state index >= 15 is 0 Å². The van der Waals surface area contributed by atoms with Crippen molar-refractivity contribution < 1.29 is 14.3 Å². The molecule has 0 atom stereocenters. The highest BCUT2D eigenvalue weighted by Crippen LogP contribution is 2.33. The molecule has 0 aromatic heterocycles. The third-order valence-electron chi connectivity index (χ3n) is 4.75. The van der Waals surface area contributed by atoms with Crippen LogP contribution in [0.15, 0.2) is 22.7 Å². The highest BCUT2D eigenvalue weighted by molar-refractivity contribution is 9.10. The summed E-state index contributed by atoms with van der Waals surface area (Å²) in [7, 11) is 0. The Labute approximate surface area is 144 Å². The summed E-state index contributed by atoms with van der Waals surface area (Å²) < 4.78 is 14.5. The van der Waals surface area contributed by atoms with Crippen LogP contribution in [-0.4, -0.2) is 41.1 Å². The molecule has 0 unspecified atom stereocenters. The van der Waals surface area contributed by atoms with Crippen molar-refractivity contribution in [2.45, 2.75) is 44.3 Å². The molecule has 2 aliphatic carbocycles. The number of aliphatic carboxylic acids is 1. The first kappa shape index (κ1) is 16.9. The fraction of sp³-hybridized carbons (Fsp3) is 0.588. The van der Waals surface area contributed by atoms with Crippen LogP contribution in [0.2, 0.25) is 0 Å². The molecule has 4 nitrogen and oxygen atoms in total. The second-order valence-electron chi connectivity index (χ2n) is 6.71. The van der Waals surface area contributed by atoms with Crippen LogP contribution in [0.25, 0.3) is 0 Å². The van der Waals surface area contributed by atoms with E-state index in [1.54, 1.807) is 6.07 Å². The normalized spacial score (nSPS) is 23.8. The zero-order valence-electron chi connectivity index (χ0n) is 13.0. The second kappa shape index (κ2) is 7.28. The summed E-state index contributed by atoms with van der Waals surface area (Å²) in [6, 6.07) is 5.79. The Morgan fingerprint density at radius 1 is 1.39 bits per heavy atom. The third-order valence-corrected chi connectivity index (χ3v) is 5.25. The summed E-state index contributed by atoms with van der Waals surface area (Å²) in [6.07, 6.45) is 4.34. The lowest BCUT2D eigenvalue weighted by molar-refractivity contribution is -0.139. The standard InChI is InChI=1S/C17H22BrFN2O2/c18-13-4-3-12(16(19)5-13)8-20-14-6-15(7-14)21(10-17(22)23)9-11-1-2-11/h3-5,11,14-15,20H,1-2,6-10H2,(H,22,23). The third kappa shape index (κ3) is 4.75. The van der Waals surface area contributed by atoms with E-state index in [9.17, 15) is 9.18 Å². The number of carboxylic acids is 1. The maximum atomic E-state index is 13.8. The molecular formula is C17H22BrFN2O2. The maximum Gasteiger partial charge on any atom is 0.317 e. The van der Waals surface area contributed by atoms with Crippen molar-refractivity contribution in [1.29, 1.82) is 0 Å². The van der Waals surface area contributed by atoms with Gasteiger partial charge in [0.05, 0.1) is 6.54 Å². The summed E-state index contributed by atoms with van der Waals surface area (Å²) in [4.78, 5) is 13.1. The molecule has 0 aliphatic heterocycles. The molecule has 0 bridgehead atoms. The Hall–Kier alpha value is -0.980. The van der Waals surface area contributed by atoms with Crippen LogP contribution in [0, 0.1) is 11.7 Å². The summed E-state index contributed by atoms with van der Waals surface area (Å²) >= 11 is 3.26. The van der Waals surface area contributed by atoms with Crippen LogP contribution in [0.5, 0.6) is 0 Å². The Morgan fingerprint density at radius 2 is 2.13 bits per heavy atom. The minimum absolute atomic E-state index is 0.134. The molecule has 0 heterocycles. The molecule has 1 aromatic carbocycles. The second-order valence-corrected chi connectivity index (χ2v) is 7.62. The maximum absolute atomic E-state index is 13.8. The number of benzene rings is 1. The molecule has 126 valence electrons. The van der Waals surface area contributed by atoms with Crippen LogP contribution < -0.4 is 5.32 Å². The van der Waals surface area contributed by atoms with Crippen LogP contribution >= 0.6 is 15.9 Å². The Bertz CT molecular complexity index is 574. The number of halogens is 2. The lowest BCUT2D eigenvalue weighted by atomic mass is 9.85. The number of hydrogen-bond acceptors (Lipinski definition) is 3. The number of nitrogens with one attached hydrogen (secondary N) is 1. The first-order chi connectivity index (χ1) is 11.0. The summed E-state index contributed by atoms with van der Waals surface area (Å²) in [5, 5.41) is 12.4. The van der Waals surface area contributed by atoms with Crippen molar-refractivity contribution in [1.82, 2.24) is 10.2 Å². The van der Waals surface area contributed by atoms with Gasteiger partial charge in [-0.05, 0) is 43.7 Å². The molecule has 0 saturated heterocycles. The lowest BCUT2D eigenvalue weighted by Crippen LogP contribution is -2.54. The average molecular weight is 385 g/mol. The molecule has 0 amide bonds. The highest BCUT2D eigenvalue weighted by atomic mass is 79.9. The van der Waals surface area contributed by atoms with E-state index in [0.29, 0.717) is 30.1 Å². The average Bonchev–Trinajstić information content (AvgIpc) is 3.22. The molecule has 2 saturated carbocycles. The molecule has 0 radical (unpaired) electrons. The van der Waals surface area contributed by atoms with Crippen molar-refractivity contribution in [2.75, 3.05) is 13.1 Å². The van der Waals surface area contributed by atoms with Gasteiger partial charge in [0.15, 0.2) is 0 Å². The lowest BCUT2D eigenvalue weighted by Gasteiger charge is -2.43. The monoisotopic (exact) mass is 384 g/mol. The van der Waals surface area contributed by atoms with Crippen LogP contribution in [0.1, 0.15) is 31.2 Å². The number of carbonyl (C=O) groups is 1.